The molecule has 6 aromatic carbocycles. The molecule has 1 aliphatic heterocycles. The highest BCUT2D eigenvalue weighted by atomic mass is 16.7. The van der Waals surface area contributed by atoms with Crippen LogP contribution in [0, 0.1) is 0 Å². The summed E-state index contributed by atoms with van der Waals surface area (Å²) in [5, 5.41) is 4.99. The lowest BCUT2D eigenvalue weighted by Gasteiger charge is -2.32. The Hall–Kier alpha value is -4.18. The summed E-state index contributed by atoms with van der Waals surface area (Å²) in [4.78, 5) is 0. The van der Waals surface area contributed by atoms with Crippen LogP contribution in [0.4, 0.5) is 0 Å². The first-order valence-corrected chi connectivity index (χ1v) is 14.4. The Morgan fingerprint density at radius 3 is 1.68 bits per heavy atom. The van der Waals surface area contributed by atoms with Gasteiger partial charge in [0.25, 0.3) is 0 Å². The van der Waals surface area contributed by atoms with Gasteiger partial charge >= 0.3 is 7.12 Å². The summed E-state index contributed by atoms with van der Waals surface area (Å²) in [6, 6.07) is 46.0. The van der Waals surface area contributed by atoms with Crippen LogP contribution in [0.5, 0.6) is 0 Å². The number of hydrogen-bond acceptors (Lipinski definition) is 2. The van der Waals surface area contributed by atoms with Crippen molar-refractivity contribution in [3.05, 3.63) is 127 Å². The van der Waals surface area contributed by atoms with Gasteiger partial charge < -0.3 is 9.31 Å². The molecule has 1 heterocycles. The van der Waals surface area contributed by atoms with Gasteiger partial charge in [-0.05, 0) is 106 Å². The van der Waals surface area contributed by atoms with Crippen LogP contribution in [0.1, 0.15) is 27.7 Å². The van der Waals surface area contributed by atoms with Crippen molar-refractivity contribution in [1.82, 2.24) is 0 Å². The van der Waals surface area contributed by atoms with Gasteiger partial charge in [-0.25, -0.2) is 0 Å². The first-order valence-electron chi connectivity index (χ1n) is 14.4. The molecule has 41 heavy (non-hydrogen) atoms. The molecule has 0 atom stereocenters. The standard InChI is InChI=1S/C38H33BO2/c1-37(2)38(3,4)41-39(40-37)34-15-8-13-28(25-34)30-19-21-31-22-29(18-20-32(31)23-30)27-12-7-14-33(24-27)36-17-9-11-26-10-5-6-16-35(26)36/h5-25H,1-4H3. The first kappa shape index (κ1) is 25.8. The van der Waals surface area contributed by atoms with Crippen LogP contribution < -0.4 is 5.46 Å². The predicted octanol–water partition coefficient (Wildman–Crippen LogP) is 9.29. The minimum Gasteiger partial charge on any atom is -0.399 e. The molecule has 0 bridgehead atoms. The zero-order valence-corrected chi connectivity index (χ0v) is 24.0. The van der Waals surface area contributed by atoms with E-state index in [0.29, 0.717) is 0 Å². The van der Waals surface area contributed by atoms with E-state index < -0.39 is 0 Å². The summed E-state index contributed by atoms with van der Waals surface area (Å²) in [5.41, 5.74) is 7.60. The lowest BCUT2D eigenvalue weighted by molar-refractivity contribution is 0.00578. The Morgan fingerprint density at radius 2 is 0.976 bits per heavy atom. The third-order valence-electron chi connectivity index (χ3n) is 8.88. The normalized spacial score (nSPS) is 16.0. The smallest absolute Gasteiger partial charge is 0.399 e. The molecule has 0 amide bonds. The maximum atomic E-state index is 6.30. The van der Waals surface area contributed by atoms with Gasteiger partial charge in [0, 0.05) is 0 Å². The van der Waals surface area contributed by atoms with Gasteiger partial charge in [-0.1, -0.05) is 109 Å². The van der Waals surface area contributed by atoms with Crippen molar-refractivity contribution < 1.29 is 9.31 Å². The highest BCUT2D eigenvalue weighted by Gasteiger charge is 2.51. The highest BCUT2D eigenvalue weighted by Crippen LogP contribution is 2.37. The minimum absolute atomic E-state index is 0.358. The summed E-state index contributed by atoms with van der Waals surface area (Å²) < 4.78 is 12.6. The van der Waals surface area contributed by atoms with Crippen LogP contribution in [-0.2, 0) is 9.31 Å². The largest absolute Gasteiger partial charge is 0.494 e. The van der Waals surface area contributed by atoms with E-state index in [1.54, 1.807) is 0 Å². The van der Waals surface area contributed by atoms with Gasteiger partial charge in [-0.15, -0.1) is 0 Å². The fraction of sp³-hybridized carbons (Fsp3) is 0.158. The molecule has 1 saturated heterocycles. The monoisotopic (exact) mass is 532 g/mol. The average molecular weight is 532 g/mol. The number of rotatable bonds is 4. The van der Waals surface area contributed by atoms with E-state index in [-0.39, 0.29) is 18.3 Å². The van der Waals surface area contributed by atoms with E-state index >= 15 is 0 Å². The molecule has 2 nitrogen and oxygen atoms in total. The fourth-order valence-electron chi connectivity index (χ4n) is 5.79. The molecule has 0 aliphatic carbocycles. The lowest BCUT2D eigenvalue weighted by Crippen LogP contribution is -2.41. The van der Waals surface area contributed by atoms with E-state index in [0.717, 1.165) is 11.0 Å². The molecule has 0 saturated carbocycles. The second-order valence-corrected chi connectivity index (χ2v) is 12.1. The first-order chi connectivity index (χ1) is 19.8. The molecule has 1 fully saturated rings. The average Bonchev–Trinajstić information content (AvgIpc) is 3.22. The quantitative estimate of drug-likeness (QED) is 0.211. The summed E-state index contributed by atoms with van der Waals surface area (Å²) in [7, 11) is -0.368. The Bertz CT molecular complexity index is 1900. The predicted molar refractivity (Wildman–Crippen MR) is 173 cm³/mol. The fourth-order valence-corrected chi connectivity index (χ4v) is 5.79. The Morgan fingerprint density at radius 1 is 0.439 bits per heavy atom. The lowest BCUT2D eigenvalue weighted by atomic mass is 9.78. The van der Waals surface area contributed by atoms with Crippen LogP contribution in [0.25, 0.3) is 54.9 Å². The number of benzene rings is 6. The van der Waals surface area contributed by atoms with E-state index in [1.807, 2.05) is 0 Å². The van der Waals surface area contributed by atoms with Gasteiger partial charge in [0.05, 0.1) is 11.2 Å². The molecule has 200 valence electrons. The molecule has 3 heteroatoms. The van der Waals surface area contributed by atoms with Crippen LogP contribution in [-0.4, -0.2) is 18.3 Å². The van der Waals surface area contributed by atoms with Crippen LogP contribution in [0.15, 0.2) is 127 Å². The summed E-state index contributed by atoms with van der Waals surface area (Å²) >= 11 is 0. The van der Waals surface area contributed by atoms with Crippen molar-refractivity contribution in [3.8, 4) is 33.4 Å². The molecular formula is C38H33BO2. The Kier molecular flexibility index (Phi) is 6.12. The zero-order chi connectivity index (χ0) is 28.2. The van der Waals surface area contributed by atoms with Gasteiger partial charge in [-0.3, -0.25) is 0 Å². The van der Waals surface area contributed by atoms with Crippen LogP contribution >= 0.6 is 0 Å². The Labute approximate surface area is 242 Å². The second kappa shape index (κ2) is 9.73. The summed E-state index contributed by atoms with van der Waals surface area (Å²) in [5.74, 6) is 0. The molecule has 0 aromatic heterocycles. The molecule has 0 radical (unpaired) electrons. The molecular weight excluding hydrogens is 499 g/mol. The molecule has 0 spiro atoms. The minimum atomic E-state index is -0.368. The summed E-state index contributed by atoms with van der Waals surface area (Å²) in [6.07, 6.45) is 0. The number of hydrogen-bond donors (Lipinski definition) is 0. The van der Waals surface area contributed by atoms with Crippen molar-refractivity contribution in [2.45, 2.75) is 38.9 Å². The third kappa shape index (κ3) is 4.66. The van der Waals surface area contributed by atoms with Gasteiger partial charge in [0.2, 0.25) is 0 Å². The SMILES string of the molecule is CC1(C)OB(c2cccc(-c3ccc4cc(-c5cccc(-c6cccc7ccccc67)c5)ccc4c3)c2)OC1(C)C. The summed E-state index contributed by atoms with van der Waals surface area (Å²) in [6.45, 7) is 8.37. The topological polar surface area (TPSA) is 18.5 Å². The molecule has 0 unspecified atom stereocenters. The maximum absolute atomic E-state index is 6.30. The van der Waals surface area contributed by atoms with Crippen molar-refractivity contribution in [3.63, 3.8) is 0 Å². The van der Waals surface area contributed by atoms with E-state index in [2.05, 4.69) is 155 Å². The third-order valence-corrected chi connectivity index (χ3v) is 8.88. The van der Waals surface area contributed by atoms with Crippen molar-refractivity contribution in [2.75, 3.05) is 0 Å². The molecule has 7 rings (SSSR count). The maximum Gasteiger partial charge on any atom is 0.494 e. The van der Waals surface area contributed by atoms with E-state index in [9.17, 15) is 0 Å². The van der Waals surface area contributed by atoms with Crippen LogP contribution in [0.3, 0.4) is 0 Å². The van der Waals surface area contributed by atoms with E-state index in [4.69, 9.17) is 9.31 Å². The van der Waals surface area contributed by atoms with Gasteiger partial charge in [0.15, 0.2) is 0 Å². The van der Waals surface area contributed by atoms with Crippen molar-refractivity contribution in [2.24, 2.45) is 0 Å². The molecule has 1 aliphatic rings. The molecule has 0 N–H and O–H groups in total. The van der Waals surface area contributed by atoms with Crippen LogP contribution in [0.2, 0.25) is 0 Å². The highest BCUT2D eigenvalue weighted by molar-refractivity contribution is 6.62. The van der Waals surface area contributed by atoms with Crippen molar-refractivity contribution >= 4 is 34.1 Å². The Balaban J connectivity index is 1.19. The molecule has 6 aromatic rings. The second-order valence-electron chi connectivity index (χ2n) is 12.1. The van der Waals surface area contributed by atoms with Gasteiger partial charge in [-0.2, -0.15) is 0 Å². The zero-order valence-electron chi connectivity index (χ0n) is 24.0. The number of fused-ring (bicyclic) bond motifs is 2. The van der Waals surface area contributed by atoms with Gasteiger partial charge in [0.1, 0.15) is 0 Å². The van der Waals surface area contributed by atoms with E-state index in [1.165, 1.54) is 49.4 Å². The van der Waals surface area contributed by atoms with Crippen molar-refractivity contribution in [1.29, 1.82) is 0 Å².